The number of furan rings is 2. The Kier molecular flexibility index (Phi) is 3.52. The van der Waals surface area contributed by atoms with E-state index in [0.717, 1.165) is 29.9 Å². The van der Waals surface area contributed by atoms with Crippen molar-refractivity contribution in [1.82, 2.24) is 0 Å². The van der Waals surface area contributed by atoms with Crippen LogP contribution in [-0.4, -0.2) is 0 Å². The first-order valence-electron chi connectivity index (χ1n) is 5.90. The lowest BCUT2D eigenvalue weighted by Gasteiger charge is -1.99. The molecule has 0 amide bonds. The molecular weight excluding hydrogens is 212 g/mol. The standard InChI is InChI=1S/C15H18O2/c1-11(8-14-9-12(2)10-17-14)4-5-15-13(3)6-7-16-15/h6-10H,4-5H2,1-3H3/b11-8-. The van der Waals surface area contributed by atoms with Gasteiger partial charge in [0.25, 0.3) is 0 Å². The van der Waals surface area contributed by atoms with Crippen molar-refractivity contribution in [1.29, 1.82) is 0 Å². The minimum Gasteiger partial charge on any atom is -0.469 e. The molecule has 17 heavy (non-hydrogen) atoms. The minimum atomic E-state index is 0.927. The number of aryl methyl sites for hydroxylation is 3. The molecule has 90 valence electrons. The van der Waals surface area contributed by atoms with Gasteiger partial charge >= 0.3 is 0 Å². The number of hydrogen-bond acceptors (Lipinski definition) is 2. The quantitative estimate of drug-likeness (QED) is 0.771. The summed E-state index contributed by atoms with van der Waals surface area (Å²) < 4.78 is 10.8. The third kappa shape index (κ3) is 3.13. The van der Waals surface area contributed by atoms with E-state index in [0.29, 0.717) is 0 Å². The first-order chi connectivity index (χ1) is 8.15. The molecule has 0 saturated carbocycles. The average Bonchev–Trinajstić information content (AvgIpc) is 2.85. The Bertz CT molecular complexity index is 515. The van der Waals surface area contributed by atoms with Crippen LogP contribution in [0.1, 0.15) is 36.0 Å². The molecule has 0 aliphatic carbocycles. The molecule has 0 atom stereocenters. The van der Waals surface area contributed by atoms with Crippen LogP contribution in [0.5, 0.6) is 0 Å². The van der Waals surface area contributed by atoms with Gasteiger partial charge in [0, 0.05) is 6.42 Å². The van der Waals surface area contributed by atoms with Crippen molar-refractivity contribution >= 4 is 6.08 Å². The summed E-state index contributed by atoms with van der Waals surface area (Å²) in [7, 11) is 0. The van der Waals surface area contributed by atoms with Crippen molar-refractivity contribution in [2.24, 2.45) is 0 Å². The van der Waals surface area contributed by atoms with Crippen LogP contribution in [0.3, 0.4) is 0 Å². The molecule has 0 fully saturated rings. The fraction of sp³-hybridized carbons (Fsp3) is 0.333. The monoisotopic (exact) mass is 230 g/mol. The molecule has 0 aromatic carbocycles. The Morgan fingerprint density at radius 2 is 2.12 bits per heavy atom. The summed E-state index contributed by atoms with van der Waals surface area (Å²) in [6, 6.07) is 4.05. The fourth-order valence-corrected chi connectivity index (χ4v) is 1.82. The second-order valence-electron chi connectivity index (χ2n) is 4.54. The lowest BCUT2D eigenvalue weighted by atomic mass is 10.1. The molecule has 2 aromatic rings. The average molecular weight is 230 g/mol. The lowest BCUT2D eigenvalue weighted by Crippen LogP contribution is -1.86. The van der Waals surface area contributed by atoms with Gasteiger partial charge in [0.15, 0.2) is 0 Å². The first-order valence-corrected chi connectivity index (χ1v) is 5.90. The fourth-order valence-electron chi connectivity index (χ4n) is 1.82. The molecule has 2 heteroatoms. The zero-order chi connectivity index (χ0) is 12.3. The van der Waals surface area contributed by atoms with Crippen LogP contribution in [0, 0.1) is 13.8 Å². The Morgan fingerprint density at radius 3 is 2.71 bits per heavy atom. The molecule has 0 unspecified atom stereocenters. The third-order valence-electron chi connectivity index (χ3n) is 2.85. The molecule has 2 nitrogen and oxygen atoms in total. The first kappa shape index (κ1) is 11.8. The Morgan fingerprint density at radius 1 is 1.29 bits per heavy atom. The van der Waals surface area contributed by atoms with Gasteiger partial charge in [0.1, 0.15) is 11.5 Å². The Labute approximate surface area is 102 Å². The molecule has 0 radical (unpaired) electrons. The van der Waals surface area contributed by atoms with Gasteiger partial charge in [-0.15, -0.1) is 0 Å². The van der Waals surface area contributed by atoms with Gasteiger partial charge in [0.05, 0.1) is 12.5 Å². The molecule has 0 spiro atoms. The van der Waals surface area contributed by atoms with Gasteiger partial charge in [-0.05, 0) is 56.5 Å². The SMILES string of the molecule is C/C(=C/c1cc(C)co1)CCc1occc1C. The second kappa shape index (κ2) is 5.09. The van der Waals surface area contributed by atoms with Crippen LogP contribution in [0.25, 0.3) is 6.08 Å². The molecule has 0 bridgehead atoms. The molecule has 0 saturated heterocycles. The van der Waals surface area contributed by atoms with E-state index in [-0.39, 0.29) is 0 Å². The van der Waals surface area contributed by atoms with Crippen LogP contribution < -0.4 is 0 Å². The summed E-state index contributed by atoms with van der Waals surface area (Å²) in [4.78, 5) is 0. The van der Waals surface area contributed by atoms with Crippen LogP contribution in [0.15, 0.2) is 39.1 Å². The van der Waals surface area contributed by atoms with Crippen LogP contribution in [0.2, 0.25) is 0 Å². The normalized spacial score (nSPS) is 12.1. The van der Waals surface area contributed by atoms with E-state index in [1.165, 1.54) is 11.1 Å². The maximum atomic E-state index is 5.42. The summed E-state index contributed by atoms with van der Waals surface area (Å²) >= 11 is 0. The van der Waals surface area contributed by atoms with Gasteiger partial charge in [0.2, 0.25) is 0 Å². The van der Waals surface area contributed by atoms with E-state index in [9.17, 15) is 0 Å². The van der Waals surface area contributed by atoms with Crippen LogP contribution >= 0.6 is 0 Å². The van der Waals surface area contributed by atoms with Gasteiger partial charge in [-0.25, -0.2) is 0 Å². The summed E-state index contributed by atoms with van der Waals surface area (Å²) in [5.41, 5.74) is 3.69. The predicted molar refractivity (Wildman–Crippen MR) is 68.9 cm³/mol. The van der Waals surface area contributed by atoms with E-state index >= 15 is 0 Å². The minimum absolute atomic E-state index is 0.927. The van der Waals surface area contributed by atoms with Crippen molar-refractivity contribution in [3.05, 3.63) is 52.9 Å². The van der Waals surface area contributed by atoms with E-state index in [1.54, 1.807) is 12.5 Å². The number of rotatable bonds is 4. The Hall–Kier alpha value is -1.70. The molecule has 0 N–H and O–H groups in total. The second-order valence-corrected chi connectivity index (χ2v) is 4.54. The van der Waals surface area contributed by atoms with Gasteiger partial charge < -0.3 is 8.83 Å². The van der Waals surface area contributed by atoms with Gasteiger partial charge in [-0.1, -0.05) is 5.57 Å². The third-order valence-corrected chi connectivity index (χ3v) is 2.85. The number of allylic oxidation sites excluding steroid dienone is 1. The van der Waals surface area contributed by atoms with Gasteiger partial charge in [-0.2, -0.15) is 0 Å². The van der Waals surface area contributed by atoms with E-state index in [1.807, 2.05) is 19.1 Å². The largest absolute Gasteiger partial charge is 0.469 e. The summed E-state index contributed by atoms with van der Waals surface area (Å²) in [5.74, 6) is 2.00. The highest BCUT2D eigenvalue weighted by atomic mass is 16.3. The molecule has 0 aliphatic rings. The smallest absolute Gasteiger partial charge is 0.126 e. The van der Waals surface area contributed by atoms with Crippen molar-refractivity contribution in [2.75, 3.05) is 0 Å². The van der Waals surface area contributed by atoms with Crippen molar-refractivity contribution in [2.45, 2.75) is 33.6 Å². The highest BCUT2D eigenvalue weighted by Gasteiger charge is 2.02. The molecule has 2 heterocycles. The summed E-state index contributed by atoms with van der Waals surface area (Å²) in [6.45, 7) is 6.23. The lowest BCUT2D eigenvalue weighted by molar-refractivity contribution is 0.505. The van der Waals surface area contributed by atoms with E-state index < -0.39 is 0 Å². The van der Waals surface area contributed by atoms with Gasteiger partial charge in [-0.3, -0.25) is 0 Å². The maximum Gasteiger partial charge on any atom is 0.126 e. The van der Waals surface area contributed by atoms with Crippen LogP contribution in [-0.2, 0) is 6.42 Å². The summed E-state index contributed by atoms with van der Waals surface area (Å²) in [6.07, 6.45) is 7.55. The molecule has 0 aliphatic heterocycles. The van der Waals surface area contributed by atoms with Crippen LogP contribution in [0.4, 0.5) is 0 Å². The highest BCUT2D eigenvalue weighted by molar-refractivity contribution is 5.47. The summed E-state index contributed by atoms with van der Waals surface area (Å²) in [5, 5.41) is 0. The van der Waals surface area contributed by atoms with E-state index in [2.05, 4.69) is 19.9 Å². The molecule has 2 rings (SSSR count). The number of hydrogen-bond donors (Lipinski definition) is 0. The Balaban J connectivity index is 1.95. The van der Waals surface area contributed by atoms with E-state index in [4.69, 9.17) is 8.83 Å². The topological polar surface area (TPSA) is 26.3 Å². The highest BCUT2D eigenvalue weighted by Crippen LogP contribution is 2.17. The zero-order valence-electron chi connectivity index (χ0n) is 10.6. The van der Waals surface area contributed by atoms with Crippen molar-refractivity contribution in [3.8, 4) is 0 Å². The molecular formula is C15H18O2. The predicted octanol–water partition coefficient (Wildman–Crippen LogP) is 4.53. The van der Waals surface area contributed by atoms with Crippen molar-refractivity contribution in [3.63, 3.8) is 0 Å². The maximum absolute atomic E-state index is 5.42. The molecule has 2 aromatic heterocycles. The zero-order valence-corrected chi connectivity index (χ0v) is 10.6. The van der Waals surface area contributed by atoms with Crippen molar-refractivity contribution < 1.29 is 8.83 Å².